The van der Waals surface area contributed by atoms with Crippen molar-refractivity contribution < 1.29 is 4.18 Å². The van der Waals surface area contributed by atoms with E-state index in [9.17, 15) is 0 Å². The smallest absolute Gasteiger partial charge is 0.207 e. The molecular weight excluding hydrogens is 212 g/mol. The summed E-state index contributed by atoms with van der Waals surface area (Å²) < 4.78 is 5.38. The van der Waals surface area contributed by atoms with Crippen LogP contribution in [0.5, 0.6) is 0 Å². The summed E-state index contributed by atoms with van der Waals surface area (Å²) in [6.45, 7) is 2.16. The lowest BCUT2D eigenvalue weighted by atomic mass is 10.2. The van der Waals surface area contributed by atoms with Crippen LogP contribution in [0.2, 0.25) is 0 Å². The molecule has 0 aliphatic heterocycles. The first-order valence-corrected chi connectivity index (χ1v) is 6.05. The predicted octanol–water partition coefficient (Wildman–Crippen LogP) is 3.83. The minimum atomic E-state index is 0.576. The van der Waals surface area contributed by atoms with Crippen molar-refractivity contribution in [1.29, 1.82) is 0 Å². The Bertz CT molecular complexity index is 272. The van der Waals surface area contributed by atoms with Crippen LogP contribution in [0.1, 0.15) is 25.3 Å². The lowest BCUT2D eigenvalue weighted by molar-refractivity contribution is 0.660. The van der Waals surface area contributed by atoms with Gasteiger partial charge in [-0.25, -0.2) is 0 Å². The Morgan fingerprint density at radius 3 is 2.71 bits per heavy atom. The van der Waals surface area contributed by atoms with Crippen LogP contribution in [-0.2, 0) is 4.18 Å². The van der Waals surface area contributed by atoms with Crippen molar-refractivity contribution in [2.45, 2.75) is 19.8 Å². The minimum absolute atomic E-state index is 0.576. The summed E-state index contributed by atoms with van der Waals surface area (Å²) in [5, 5.41) is 0.576. The molecule has 14 heavy (non-hydrogen) atoms. The number of benzene rings is 1. The van der Waals surface area contributed by atoms with Gasteiger partial charge in [-0.05, 0) is 18.6 Å². The van der Waals surface area contributed by atoms with Gasteiger partial charge in [-0.2, -0.15) is 0 Å². The van der Waals surface area contributed by atoms with Crippen LogP contribution in [0, 0.1) is 0 Å². The van der Waals surface area contributed by atoms with Crippen molar-refractivity contribution in [1.82, 2.24) is 0 Å². The fourth-order valence-electron chi connectivity index (χ4n) is 0.921. The predicted molar refractivity (Wildman–Crippen MR) is 66.6 cm³/mol. The van der Waals surface area contributed by atoms with Gasteiger partial charge in [0.2, 0.25) is 5.05 Å². The molecule has 0 atom stereocenters. The normalized spacial score (nSPS) is 9.79. The van der Waals surface area contributed by atoms with Gasteiger partial charge in [-0.15, -0.1) is 0 Å². The summed E-state index contributed by atoms with van der Waals surface area (Å²) in [4.78, 5) is 0. The largest absolute Gasteiger partial charge is 0.414 e. The number of hydrogen-bond donors (Lipinski definition) is 0. The summed E-state index contributed by atoms with van der Waals surface area (Å²) >= 11 is 6.57. The quantitative estimate of drug-likeness (QED) is 0.429. The number of hydrogen-bond acceptors (Lipinski definition) is 3. The van der Waals surface area contributed by atoms with E-state index in [2.05, 4.69) is 6.92 Å². The van der Waals surface area contributed by atoms with E-state index in [1.54, 1.807) is 0 Å². The molecule has 76 valence electrons. The van der Waals surface area contributed by atoms with E-state index < -0.39 is 0 Å². The number of unbranched alkanes of at least 4 members (excludes halogenated alkanes) is 1. The van der Waals surface area contributed by atoms with E-state index in [1.807, 2.05) is 30.3 Å². The first kappa shape index (κ1) is 11.5. The van der Waals surface area contributed by atoms with Crippen molar-refractivity contribution >= 4 is 29.3 Å². The highest BCUT2D eigenvalue weighted by Crippen LogP contribution is 2.12. The molecule has 0 aliphatic rings. The highest BCUT2D eigenvalue weighted by molar-refractivity contribution is 7.96. The van der Waals surface area contributed by atoms with Crippen LogP contribution < -0.4 is 0 Å². The maximum Gasteiger partial charge on any atom is 0.207 e. The van der Waals surface area contributed by atoms with Crippen LogP contribution in [0.4, 0.5) is 0 Å². The van der Waals surface area contributed by atoms with E-state index in [0.29, 0.717) is 5.05 Å². The van der Waals surface area contributed by atoms with Gasteiger partial charge in [-0.3, -0.25) is 0 Å². The molecule has 0 amide bonds. The molecule has 0 fully saturated rings. The molecule has 1 aromatic rings. The maximum atomic E-state index is 5.38. The number of rotatable bonds is 5. The molecule has 1 rings (SSSR count). The SMILES string of the molecule is CCCCSOC(=S)c1ccccc1. The molecule has 0 spiro atoms. The standard InChI is InChI=1S/C11H14OS2/c1-2-3-9-14-12-11(13)10-7-5-4-6-8-10/h4-8H,2-3,9H2,1H3. The monoisotopic (exact) mass is 226 g/mol. The van der Waals surface area contributed by atoms with Crippen LogP contribution >= 0.6 is 24.3 Å². The highest BCUT2D eigenvalue weighted by atomic mass is 32.2. The fourth-order valence-corrected chi connectivity index (χ4v) is 1.89. The van der Waals surface area contributed by atoms with Crippen molar-refractivity contribution in [3.05, 3.63) is 35.9 Å². The highest BCUT2D eigenvalue weighted by Gasteiger charge is 2.00. The lowest BCUT2D eigenvalue weighted by Gasteiger charge is -2.04. The van der Waals surface area contributed by atoms with Crippen molar-refractivity contribution in [3.8, 4) is 0 Å². The summed E-state index contributed by atoms with van der Waals surface area (Å²) in [5.41, 5.74) is 0.978. The van der Waals surface area contributed by atoms with Crippen LogP contribution in [0.25, 0.3) is 0 Å². The molecule has 0 heterocycles. The summed E-state index contributed by atoms with van der Waals surface area (Å²) in [5.74, 6) is 1.00. The first-order valence-electron chi connectivity index (χ1n) is 4.73. The second-order valence-electron chi connectivity index (χ2n) is 2.91. The molecular formula is C11H14OS2. The van der Waals surface area contributed by atoms with Gasteiger partial charge in [0.15, 0.2) is 0 Å². The molecule has 0 saturated carbocycles. The van der Waals surface area contributed by atoms with Gasteiger partial charge in [0.05, 0.1) is 12.0 Å². The molecule has 1 aromatic carbocycles. The minimum Gasteiger partial charge on any atom is -0.414 e. The van der Waals surface area contributed by atoms with E-state index in [-0.39, 0.29) is 0 Å². The van der Waals surface area contributed by atoms with Gasteiger partial charge in [0.25, 0.3) is 0 Å². The molecule has 0 bridgehead atoms. The topological polar surface area (TPSA) is 9.23 Å². The van der Waals surface area contributed by atoms with E-state index in [1.165, 1.54) is 24.9 Å². The van der Waals surface area contributed by atoms with Gasteiger partial charge in [-0.1, -0.05) is 43.7 Å². The molecule has 3 heteroatoms. The van der Waals surface area contributed by atoms with Crippen molar-refractivity contribution in [2.24, 2.45) is 0 Å². The van der Waals surface area contributed by atoms with Crippen LogP contribution in [0.15, 0.2) is 30.3 Å². The van der Waals surface area contributed by atoms with Gasteiger partial charge in [0.1, 0.15) is 0 Å². The zero-order valence-electron chi connectivity index (χ0n) is 8.23. The van der Waals surface area contributed by atoms with Gasteiger partial charge in [0, 0.05) is 11.3 Å². The average Bonchev–Trinajstić information content (AvgIpc) is 2.25. The van der Waals surface area contributed by atoms with Crippen LogP contribution in [0.3, 0.4) is 0 Å². The molecule has 0 saturated heterocycles. The summed E-state index contributed by atoms with van der Waals surface area (Å²) in [7, 11) is 0. The van der Waals surface area contributed by atoms with Gasteiger partial charge < -0.3 is 4.18 Å². The third-order valence-corrected chi connectivity index (χ3v) is 2.89. The Labute approximate surface area is 95.1 Å². The second kappa shape index (κ2) is 6.85. The average molecular weight is 226 g/mol. The fraction of sp³-hybridized carbons (Fsp3) is 0.364. The Hall–Kier alpha value is -0.540. The van der Waals surface area contributed by atoms with Crippen LogP contribution in [-0.4, -0.2) is 10.8 Å². The first-order chi connectivity index (χ1) is 6.84. The molecule has 0 aromatic heterocycles. The third kappa shape index (κ3) is 4.11. The zero-order valence-corrected chi connectivity index (χ0v) is 9.87. The van der Waals surface area contributed by atoms with E-state index in [4.69, 9.17) is 16.4 Å². The molecule has 0 N–H and O–H groups in total. The van der Waals surface area contributed by atoms with E-state index in [0.717, 1.165) is 11.3 Å². The number of thiocarbonyl (C=S) groups is 1. The maximum absolute atomic E-state index is 5.38. The Kier molecular flexibility index (Phi) is 5.64. The third-order valence-electron chi connectivity index (χ3n) is 1.73. The summed E-state index contributed by atoms with van der Waals surface area (Å²) in [6.07, 6.45) is 2.36. The second-order valence-corrected chi connectivity index (χ2v) is 4.09. The molecule has 0 aliphatic carbocycles. The Morgan fingerprint density at radius 2 is 2.07 bits per heavy atom. The van der Waals surface area contributed by atoms with Crippen molar-refractivity contribution in [3.63, 3.8) is 0 Å². The Balaban J connectivity index is 2.29. The van der Waals surface area contributed by atoms with Gasteiger partial charge >= 0.3 is 0 Å². The molecule has 0 unspecified atom stereocenters. The van der Waals surface area contributed by atoms with Crippen molar-refractivity contribution in [2.75, 3.05) is 5.75 Å². The lowest BCUT2D eigenvalue weighted by Crippen LogP contribution is -1.98. The molecule has 1 nitrogen and oxygen atoms in total. The Morgan fingerprint density at radius 1 is 1.36 bits per heavy atom. The zero-order chi connectivity index (χ0) is 10.2. The summed E-state index contributed by atoms with van der Waals surface area (Å²) in [6, 6.07) is 9.81. The van der Waals surface area contributed by atoms with E-state index >= 15 is 0 Å². The molecule has 0 radical (unpaired) electrons.